The highest BCUT2D eigenvalue weighted by atomic mass is 127. The van der Waals surface area contributed by atoms with Crippen LogP contribution in [0.25, 0.3) is 0 Å². The number of benzene rings is 1. The number of nitrogens with zero attached hydrogens (tertiary/aromatic N) is 4. The fraction of sp³-hybridized carbons (Fsp3) is 0.500. The first-order valence-electron chi connectivity index (χ1n) is 10.1. The van der Waals surface area contributed by atoms with E-state index in [-0.39, 0.29) is 6.10 Å². The van der Waals surface area contributed by atoms with Crippen LogP contribution in [0, 0.1) is 0 Å². The second kappa shape index (κ2) is 10.2. The molecule has 0 aliphatic carbocycles. The fourth-order valence-electron chi connectivity index (χ4n) is 3.64. The second-order valence-corrected chi connectivity index (χ2v) is 9.09. The van der Waals surface area contributed by atoms with Crippen LogP contribution in [-0.2, 0) is 4.74 Å². The lowest BCUT2D eigenvalue weighted by molar-refractivity contribution is 0.120. The summed E-state index contributed by atoms with van der Waals surface area (Å²) in [5.74, 6) is 1.90. The van der Waals surface area contributed by atoms with Crippen LogP contribution in [0.3, 0.4) is 0 Å². The number of methoxy groups -OCH3 is 1. The number of anilines is 4. The quantitative estimate of drug-likeness (QED) is 0.401. The highest BCUT2D eigenvalue weighted by molar-refractivity contribution is 14.1. The van der Waals surface area contributed by atoms with E-state index in [2.05, 4.69) is 57.5 Å². The summed E-state index contributed by atoms with van der Waals surface area (Å²) in [6.07, 6.45) is 3.96. The van der Waals surface area contributed by atoms with Crippen molar-refractivity contribution in [3.05, 3.63) is 29.4 Å². The third kappa shape index (κ3) is 5.37. The predicted molar refractivity (Wildman–Crippen MR) is 129 cm³/mol. The van der Waals surface area contributed by atoms with E-state index in [1.807, 2.05) is 12.1 Å². The molecule has 1 aromatic heterocycles. The molecule has 2 saturated heterocycles. The summed E-state index contributed by atoms with van der Waals surface area (Å²) >= 11 is 8.64. The van der Waals surface area contributed by atoms with Gasteiger partial charge in [0.25, 0.3) is 0 Å². The van der Waals surface area contributed by atoms with Crippen molar-refractivity contribution in [3.8, 4) is 5.75 Å². The molecule has 0 radical (unpaired) electrons. The van der Waals surface area contributed by atoms with E-state index >= 15 is 0 Å². The van der Waals surface area contributed by atoms with Crippen molar-refractivity contribution >= 4 is 57.6 Å². The molecule has 8 nitrogen and oxygen atoms in total. The second-order valence-electron chi connectivity index (χ2n) is 7.31. The van der Waals surface area contributed by atoms with Crippen molar-refractivity contribution in [3.63, 3.8) is 0 Å². The molecule has 4 rings (SSSR count). The van der Waals surface area contributed by atoms with Gasteiger partial charge in [-0.25, -0.2) is 8.10 Å². The molecule has 1 atom stereocenters. The lowest BCUT2D eigenvalue weighted by Gasteiger charge is -2.33. The Bertz CT molecular complexity index is 859. The van der Waals surface area contributed by atoms with Crippen molar-refractivity contribution in [2.45, 2.75) is 18.9 Å². The van der Waals surface area contributed by atoms with Crippen molar-refractivity contribution in [1.82, 2.24) is 13.1 Å². The first-order chi connectivity index (χ1) is 14.6. The third-order valence-electron chi connectivity index (χ3n) is 5.27. The average Bonchev–Trinajstić information content (AvgIpc) is 3.28. The highest BCUT2D eigenvalue weighted by Gasteiger charge is 2.19. The molecule has 2 aliphatic heterocycles. The summed E-state index contributed by atoms with van der Waals surface area (Å²) in [5.41, 5.74) is 1.96. The Morgan fingerprint density at radius 2 is 2.13 bits per heavy atom. The van der Waals surface area contributed by atoms with Crippen LogP contribution in [-0.4, -0.2) is 65.6 Å². The molecule has 0 saturated carbocycles. The minimum Gasteiger partial charge on any atom is -0.495 e. The molecule has 1 unspecified atom stereocenters. The predicted octanol–water partition coefficient (Wildman–Crippen LogP) is 3.95. The molecule has 3 heterocycles. The van der Waals surface area contributed by atoms with E-state index < -0.39 is 0 Å². The zero-order chi connectivity index (χ0) is 20.9. The Labute approximate surface area is 195 Å². The van der Waals surface area contributed by atoms with Crippen molar-refractivity contribution < 1.29 is 9.47 Å². The normalized spacial score (nSPS) is 19.7. The first-order valence-corrected chi connectivity index (χ1v) is 11.5. The summed E-state index contributed by atoms with van der Waals surface area (Å²) in [5, 5.41) is 7.01. The maximum absolute atomic E-state index is 6.26. The third-order valence-corrected chi connectivity index (χ3v) is 6.51. The van der Waals surface area contributed by atoms with Gasteiger partial charge in [-0.15, -0.1) is 0 Å². The largest absolute Gasteiger partial charge is 0.495 e. The van der Waals surface area contributed by atoms with Gasteiger partial charge < -0.3 is 25.0 Å². The lowest BCUT2D eigenvalue weighted by atomic mass is 10.2. The SMILES string of the molecule is COc1cc(Nc2ncc(Cl)c(NCC3CCCO3)n2)ccc1N1CCN(I)CC1. The summed E-state index contributed by atoms with van der Waals surface area (Å²) in [7, 11) is 1.70. The summed E-state index contributed by atoms with van der Waals surface area (Å²) in [6.45, 7) is 5.53. The van der Waals surface area contributed by atoms with Crippen molar-refractivity contribution in [2.75, 3.05) is 62.0 Å². The van der Waals surface area contributed by atoms with Crippen LogP contribution < -0.4 is 20.3 Å². The van der Waals surface area contributed by atoms with Gasteiger partial charge in [-0.05, 0) is 25.0 Å². The summed E-state index contributed by atoms with van der Waals surface area (Å²) in [4.78, 5) is 11.2. The van der Waals surface area contributed by atoms with Gasteiger partial charge in [-0.2, -0.15) is 4.98 Å². The molecule has 2 fully saturated rings. The molecule has 30 heavy (non-hydrogen) atoms. The number of rotatable bonds is 7. The van der Waals surface area contributed by atoms with Crippen LogP contribution in [0.15, 0.2) is 24.4 Å². The zero-order valence-corrected chi connectivity index (χ0v) is 19.8. The topological polar surface area (TPSA) is 74.8 Å². The molecule has 10 heteroatoms. The minimum absolute atomic E-state index is 0.207. The van der Waals surface area contributed by atoms with Gasteiger partial charge in [0.15, 0.2) is 5.82 Å². The fourth-order valence-corrected chi connectivity index (χ4v) is 4.23. The van der Waals surface area contributed by atoms with E-state index in [9.17, 15) is 0 Å². The van der Waals surface area contributed by atoms with Gasteiger partial charge in [-0.1, -0.05) is 11.6 Å². The van der Waals surface area contributed by atoms with Gasteiger partial charge in [-0.3, -0.25) is 0 Å². The Kier molecular flexibility index (Phi) is 7.34. The summed E-state index contributed by atoms with van der Waals surface area (Å²) < 4.78 is 13.6. The number of piperazine rings is 1. The maximum atomic E-state index is 6.26. The van der Waals surface area contributed by atoms with Crippen LogP contribution in [0.4, 0.5) is 23.1 Å². The number of hydrogen-bond donors (Lipinski definition) is 2. The molecule has 162 valence electrons. The highest BCUT2D eigenvalue weighted by Crippen LogP contribution is 2.33. The Balaban J connectivity index is 1.45. The van der Waals surface area contributed by atoms with Gasteiger partial charge in [0, 0.05) is 73.9 Å². The monoisotopic (exact) mass is 544 g/mol. The molecule has 1 aromatic carbocycles. The number of hydrogen-bond acceptors (Lipinski definition) is 8. The number of ether oxygens (including phenoxy) is 2. The first kappa shape index (κ1) is 21.7. The van der Waals surface area contributed by atoms with Crippen LogP contribution in [0.5, 0.6) is 5.75 Å². The standard InChI is InChI=1S/C20H26ClIN6O2/c1-29-18-11-14(4-5-17(18)27-6-8-28(22)9-7-27)25-20-24-13-16(21)19(26-20)23-12-15-3-2-10-30-15/h4-5,11,13,15H,2-3,6-10,12H2,1H3,(H2,23,24,25,26). The van der Waals surface area contributed by atoms with E-state index in [1.54, 1.807) is 13.3 Å². The van der Waals surface area contributed by atoms with Crippen LogP contribution in [0.1, 0.15) is 12.8 Å². The van der Waals surface area contributed by atoms with Gasteiger partial charge >= 0.3 is 0 Å². The van der Waals surface area contributed by atoms with Crippen LogP contribution >= 0.6 is 34.5 Å². The van der Waals surface area contributed by atoms with Crippen molar-refractivity contribution in [2.24, 2.45) is 0 Å². The lowest BCUT2D eigenvalue weighted by Crippen LogP contribution is -2.42. The molecule has 0 spiro atoms. The number of halogens is 2. The Morgan fingerprint density at radius 1 is 1.30 bits per heavy atom. The van der Waals surface area contributed by atoms with E-state index in [0.717, 1.165) is 62.8 Å². The van der Waals surface area contributed by atoms with E-state index in [0.29, 0.717) is 23.3 Å². The van der Waals surface area contributed by atoms with E-state index in [1.165, 1.54) is 0 Å². The maximum Gasteiger partial charge on any atom is 0.229 e. The molecule has 2 aliphatic rings. The van der Waals surface area contributed by atoms with Crippen molar-refractivity contribution in [1.29, 1.82) is 0 Å². The average molecular weight is 545 g/mol. The Hall–Kier alpha value is -1.56. The summed E-state index contributed by atoms with van der Waals surface area (Å²) in [6, 6.07) is 6.07. The van der Waals surface area contributed by atoms with Gasteiger partial charge in [0.2, 0.25) is 5.95 Å². The van der Waals surface area contributed by atoms with E-state index in [4.69, 9.17) is 21.1 Å². The van der Waals surface area contributed by atoms with Gasteiger partial charge in [0.05, 0.1) is 25.1 Å². The smallest absolute Gasteiger partial charge is 0.229 e. The molecule has 2 N–H and O–H groups in total. The van der Waals surface area contributed by atoms with Gasteiger partial charge in [0.1, 0.15) is 10.8 Å². The number of aromatic nitrogens is 2. The Morgan fingerprint density at radius 3 is 2.87 bits per heavy atom. The molecule has 2 aromatic rings. The van der Waals surface area contributed by atoms with Crippen LogP contribution in [0.2, 0.25) is 5.02 Å². The molecule has 0 bridgehead atoms. The molecular weight excluding hydrogens is 519 g/mol. The number of nitrogens with one attached hydrogen (secondary N) is 2. The molecular formula is C20H26ClIN6O2. The molecule has 0 amide bonds. The minimum atomic E-state index is 0.207. The zero-order valence-electron chi connectivity index (χ0n) is 16.9.